The Hall–Kier alpha value is -2.90. The van der Waals surface area contributed by atoms with E-state index in [-0.39, 0.29) is 18.0 Å². The van der Waals surface area contributed by atoms with Crippen molar-refractivity contribution in [2.24, 2.45) is 10.9 Å². The fraction of sp³-hybridized carbons (Fsp3) is 0.167. The third-order valence-corrected chi connectivity index (χ3v) is 2.36. The Morgan fingerprint density at radius 1 is 1.30 bits per heavy atom. The number of nitrogens with zero attached hydrogens (tertiary/aromatic N) is 1. The van der Waals surface area contributed by atoms with Gasteiger partial charge in [0.15, 0.2) is 0 Å². The third-order valence-electron chi connectivity index (χ3n) is 2.36. The van der Waals surface area contributed by atoms with Gasteiger partial charge in [0.05, 0.1) is 0 Å². The molecular weight excluding hydrogens is 264 g/mol. The summed E-state index contributed by atoms with van der Waals surface area (Å²) in [6.07, 6.45) is 0. The van der Waals surface area contributed by atoms with Crippen LogP contribution in [0.4, 0.5) is 0 Å². The largest absolute Gasteiger partial charge is 0.409 e. The molecule has 0 aliphatic rings. The predicted octanol–water partition coefficient (Wildman–Crippen LogP) is -0.674. The van der Waals surface area contributed by atoms with E-state index in [9.17, 15) is 14.4 Å². The van der Waals surface area contributed by atoms with Crippen LogP contribution in [0.25, 0.3) is 0 Å². The Kier molecular flexibility index (Phi) is 5.21. The van der Waals surface area contributed by atoms with Crippen LogP contribution in [-0.4, -0.2) is 28.8 Å². The lowest BCUT2D eigenvalue weighted by atomic mass is 10.1. The number of rotatable bonds is 3. The lowest BCUT2D eigenvalue weighted by molar-refractivity contribution is -0.119. The van der Waals surface area contributed by atoms with E-state index in [2.05, 4.69) is 15.8 Å². The highest BCUT2D eigenvalue weighted by molar-refractivity contribution is 6.40. The number of hydrogen-bond donors (Lipinski definition) is 4. The molecule has 0 bridgehead atoms. The molecule has 106 valence electrons. The van der Waals surface area contributed by atoms with Crippen LogP contribution < -0.4 is 16.4 Å². The Morgan fingerprint density at radius 2 is 1.95 bits per heavy atom. The summed E-state index contributed by atoms with van der Waals surface area (Å²) in [5.41, 5.74) is 5.68. The molecule has 0 saturated heterocycles. The summed E-state index contributed by atoms with van der Waals surface area (Å²) in [5, 5.41) is 15.8. The molecule has 1 aromatic rings. The van der Waals surface area contributed by atoms with Crippen LogP contribution in [0.3, 0.4) is 0 Å². The van der Waals surface area contributed by atoms with Gasteiger partial charge < -0.3 is 16.3 Å². The van der Waals surface area contributed by atoms with Gasteiger partial charge in [0.2, 0.25) is 11.7 Å². The van der Waals surface area contributed by atoms with Gasteiger partial charge in [-0.3, -0.25) is 19.7 Å². The van der Waals surface area contributed by atoms with Crippen molar-refractivity contribution in [2.45, 2.75) is 13.5 Å². The minimum atomic E-state index is -1.07. The number of amides is 3. The van der Waals surface area contributed by atoms with Crippen LogP contribution in [0, 0.1) is 0 Å². The third kappa shape index (κ3) is 4.09. The molecule has 0 aliphatic heterocycles. The molecule has 1 aromatic carbocycles. The maximum absolute atomic E-state index is 12.0. The lowest BCUT2D eigenvalue weighted by Gasteiger charge is -2.10. The van der Waals surface area contributed by atoms with E-state index in [0.717, 1.165) is 0 Å². The number of benzene rings is 1. The van der Waals surface area contributed by atoms with E-state index in [1.807, 2.05) is 0 Å². The SMILES string of the molecule is CC(=O)NCc1ccccc1C(=O)NC(=NO)C(N)=O. The van der Waals surface area contributed by atoms with Crippen molar-refractivity contribution in [1.82, 2.24) is 10.6 Å². The van der Waals surface area contributed by atoms with Gasteiger partial charge in [0, 0.05) is 19.0 Å². The molecule has 0 atom stereocenters. The molecule has 0 heterocycles. The Labute approximate surface area is 114 Å². The van der Waals surface area contributed by atoms with Crippen LogP contribution in [0.1, 0.15) is 22.8 Å². The zero-order chi connectivity index (χ0) is 15.1. The fourth-order valence-corrected chi connectivity index (χ4v) is 1.43. The first-order valence-corrected chi connectivity index (χ1v) is 5.61. The standard InChI is InChI=1S/C12H14N4O4/c1-7(17)14-6-8-4-2-3-5-9(8)12(19)15-11(16-20)10(13)18/h2-5,20H,6H2,1H3,(H2,13,18)(H,14,17)(H,15,16,19). The molecule has 8 nitrogen and oxygen atoms in total. The average Bonchev–Trinajstić information content (AvgIpc) is 2.42. The van der Waals surface area contributed by atoms with Crippen LogP contribution in [0.5, 0.6) is 0 Å². The number of nitrogens with two attached hydrogens (primary N) is 1. The van der Waals surface area contributed by atoms with Crippen molar-refractivity contribution in [1.29, 1.82) is 0 Å². The summed E-state index contributed by atoms with van der Waals surface area (Å²) in [7, 11) is 0. The van der Waals surface area contributed by atoms with Crippen molar-refractivity contribution in [3.8, 4) is 0 Å². The molecule has 0 saturated carbocycles. The van der Waals surface area contributed by atoms with Gasteiger partial charge >= 0.3 is 0 Å². The Balaban J connectivity index is 2.92. The minimum absolute atomic E-state index is 0.154. The molecule has 0 spiro atoms. The average molecular weight is 278 g/mol. The molecule has 0 unspecified atom stereocenters. The van der Waals surface area contributed by atoms with E-state index in [4.69, 9.17) is 10.9 Å². The maximum Gasteiger partial charge on any atom is 0.288 e. The van der Waals surface area contributed by atoms with Crippen LogP contribution in [0.15, 0.2) is 29.4 Å². The van der Waals surface area contributed by atoms with Crippen molar-refractivity contribution < 1.29 is 19.6 Å². The van der Waals surface area contributed by atoms with Gasteiger partial charge in [0.1, 0.15) is 0 Å². The van der Waals surface area contributed by atoms with Gasteiger partial charge in [-0.2, -0.15) is 0 Å². The number of carbonyl (C=O) groups is 3. The van der Waals surface area contributed by atoms with Crippen molar-refractivity contribution in [3.05, 3.63) is 35.4 Å². The number of primary amides is 1. The van der Waals surface area contributed by atoms with E-state index in [0.29, 0.717) is 5.56 Å². The van der Waals surface area contributed by atoms with Gasteiger partial charge in [-0.1, -0.05) is 23.4 Å². The van der Waals surface area contributed by atoms with Gasteiger partial charge in [-0.15, -0.1) is 0 Å². The number of hydrogen-bond acceptors (Lipinski definition) is 5. The number of amidine groups is 1. The second-order valence-electron chi connectivity index (χ2n) is 3.83. The normalized spacial score (nSPS) is 10.8. The Bertz CT molecular complexity index is 568. The second-order valence-corrected chi connectivity index (χ2v) is 3.83. The molecule has 20 heavy (non-hydrogen) atoms. The monoisotopic (exact) mass is 278 g/mol. The highest BCUT2D eigenvalue weighted by Gasteiger charge is 2.16. The number of oxime groups is 1. The molecule has 0 aromatic heterocycles. The van der Waals surface area contributed by atoms with Gasteiger partial charge in [-0.05, 0) is 11.6 Å². The fourth-order valence-electron chi connectivity index (χ4n) is 1.43. The van der Waals surface area contributed by atoms with Crippen molar-refractivity contribution in [2.75, 3.05) is 0 Å². The molecular formula is C12H14N4O4. The van der Waals surface area contributed by atoms with Gasteiger partial charge in [-0.25, -0.2) is 0 Å². The summed E-state index contributed by atoms with van der Waals surface area (Å²) < 4.78 is 0. The van der Waals surface area contributed by atoms with E-state index >= 15 is 0 Å². The van der Waals surface area contributed by atoms with Crippen molar-refractivity contribution >= 4 is 23.6 Å². The smallest absolute Gasteiger partial charge is 0.288 e. The first-order valence-electron chi connectivity index (χ1n) is 5.61. The highest BCUT2D eigenvalue weighted by atomic mass is 16.4. The topological polar surface area (TPSA) is 134 Å². The van der Waals surface area contributed by atoms with Crippen LogP contribution in [0.2, 0.25) is 0 Å². The summed E-state index contributed by atoms with van der Waals surface area (Å²) >= 11 is 0. The molecule has 8 heteroatoms. The van der Waals surface area contributed by atoms with Crippen LogP contribution >= 0.6 is 0 Å². The van der Waals surface area contributed by atoms with E-state index in [1.54, 1.807) is 18.2 Å². The molecule has 0 fully saturated rings. The lowest BCUT2D eigenvalue weighted by Crippen LogP contribution is -2.40. The van der Waals surface area contributed by atoms with E-state index in [1.165, 1.54) is 13.0 Å². The summed E-state index contributed by atoms with van der Waals surface area (Å²) in [6, 6.07) is 6.46. The first-order chi connectivity index (χ1) is 9.45. The molecule has 0 radical (unpaired) electrons. The number of nitrogens with one attached hydrogen (secondary N) is 2. The molecule has 0 aliphatic carbocycles. The predicted molar refractivity (Wildman–Crippen MR) is 69.8 cm³/mol. The summed E-state index contributed by atoms with van der Waals surface area (Å²) in [4.78, 5) is 33.7. The summed E-state index contributed by atoms with van der Waals surface area (Å²) in [5.74, 6) is -2.64. The quantitative estimate of drug-likeness (QED) is 0.252. The van der Waals surface area contributed by atoms with E-state index < -0.39 is 17.6 Å². The first kappa shape index (κ1) is 15.2. The highest BCUT2D eigenvalue weighted by Crippen LogP contribution is 2.08. The second kappa shape index (κ2) is 6.88. The van der Waals surface area contributed by atoms with Crippen LogP contribution in [-0.2, 0) is 16.1 Å². The zero-order valence-corrected chi connectivity index (χ0v) is 10.7. The zero-order valence-electron chi connectivity index (χ0n) is 10.7. The minimum Gasteiger partial charge on any atom is -0.409 e. The number of carbonyl (C=O) groups excluding carboxylic acids is 3. The maximum atomic E-state index is 12.0. The Morgan fingerprint density at radius 3 is 2.50 bits per heavy atom. The van der Waals surface area contributed by atoms with Crippen molar-refractivity contribution in [3.63, 3.8) is 0 Å². The molecule has 1 rings (SSSR count). The molecule has 3 amide bonds. The van der Waals surface area contributed by atoms with Gasteiger partial charge in [0.25, 0.3) is 11.8 Å². The molecule has 5 N–H and O–H groups in total. The summed E-state index contributed by atoms with van der Waals surface area (Å²) in [6.45, 7) is 1.51.